The van der Waals surface area contributed by atoms with Crippen LogP contribution in [0.15, 0.2) is 12.7 Å². The van der Waals surface area contributed by atoms with Crippen molar-refractivity contribution in [3.05, 3.63) is 12.7 Å². The number of rotatable bonds is 36. The van der Waals surface area contributed by atoms with Crippen molar-refractivity contribution in [3.8, 4) is 0 Å². The van der Waals surface area contributed by atoms with E-state index in [-0.39, 0.29) is 0 Å². The van der Waals surface area contributed by atoms with Gasteiger partial charge in [0.05, 0.1) is 6.61 Å². The minimum Gasteiger partial charge on any atom is -0.462 e. The Morgan fingerprint density at radius 3 is 0.854 bits per heavy atom. The van der Waals surface area contributed by atoms with Crippen molar-refractivity contribution in [2.24, 2.45) is 0 Å². The summed E-state index contributed by atoms with van der Waals surface area (Å²) >= 11 is 0. The van der Waals surface area contributed by atoms with Gasteiger partial charge in [0, 0.05) is 118 Å². The molecule has 0 amide bonds. The summed E-state index contributed by atoms with van der Waals surface area (Å²) < 4.78 is 49.5. The van der Waals surface area contributed by atoms with E-state index >= 15 is 0 Å². The van der Waals surface area contributed by atoms with Gasteiger partial charge in [0.1, 0.15) is 0 Å². The number of hydrogen-bond acceptors (Lipinski definition) is 10. The molecule has 10 heteroatoms. The summed E-state index contributed by atoms with van der Waals surface area (Å²) in [6.07, 6.45) is 10.5. The van der Waals surface area contributed by atoms with Gasteiger partial charge >= 0.3 is 5.97 Å². The molecule has 0 unspecified atom stereocenters. The molecule has 0 aromatic carbocycles. The van der Waals surface area contributed by atoms with Gasteiger partial charge in [-0.2, -0.15) is 0 Å². The van der Waals surface area contributed by atoms with Crippen LogP contribution in [-0.2, 0) is 47.4 Å². The predicted molar refractivity (Wildman–Crippen MR) is 160 cm³/mol. The summed E-state index contributed by atoms with van der Waals surface area (Å²) in [5.74, 6) is -0.398. The number of carbonyl (C=O) groups excluding carboxylic acids is 1. The second-order valence-corrected chi connectivity index (χ2v) is 9.45. The van der Waals surface area contributed by atoms with Gasteiger partial charge in [0.25, 0.3) is 0 Å². The van der Waals surface area contributed by atoms with Crippen LogP contribution in [0.1, 0.15) is 71.1 Å². The zero-order chi connectivity index (χ0) is 29.7. The number of hydrogen-bond donors (Lipinski definition) is 0. The van der Waals surface area contributed by atoms with E-state index in [0.717, 1.165) is 104 Å². The molecular formula is C31H60O10. The highest BCUT2D eigenvalue weighted by atomic mass is 16.5. The fourth-order valence-corrected chi connectivity index (χ4v) is 3.30. The van der Waals surface area contributed by atoms with E-state index in [1.807, 2.05) is 0 Å². The van der Waals surface area contributed by atoms with Crippen molar-refractivity contribution in [3.63, 3.8) is 0 Å². The van der Waals surface area contributed by atoms with Crippen molar-refractivity contribution >= 4 is 5.97 Å². The monoisotopic (exact) mass is 592 g/mol. The normalized spacial score (nSPS) is 11.2. The van der Waals surface area contributed by atoms with Gasteiger partial charge < -0.3 is 42.6 Å². The lowest BCUT2D eigenvalue weighted by atomic mass is 10.4. The quantitative estimate of drug-likeness (QED) is 0.0575. The zero-order valence-corrected chi connectivity index (χ0v) is 26.0. The maximum Gasteiger partial charge on any atom is 0.330 e. The first-order valence-corrected chi connectivity index (χ1v) is 15.7. The molecule has 0 aromatic heterocycles. The Balaban J connectivity index is 3.04. The third kappa shape index (κ3) is 36.9. The molecule has 0 fully saturated rings. The average molecular weight is 593 g/mol. The van der Waals surface area contributed by atoms with Crippen molar-refractivity contribution in [2.45, 2.75) is 71.1 Å². The van der Waals surface area contributed by atoms with Gasteiger partial charge in [-0.1, -0.05) is 19.9 Å². The first-order valence-electron chi connectivity index (χ1n) is 15.7. The maximum atomic E-state index is 10.9. The van der Waals surface area contributed by atoms with E-state index in [9.17, 15) is 4.79 Å². The van der Waals surface area contributed by atoms with Crippen molar-refractivity contribution in [1.29, 1.82) is 0 Å². The predicted octanol–water partition coefficient (Wildman–Crippen LogP) is 4.77. The molecule has 0 bridgehead atoms. The Hall–Kier alpha value is -1.11. The van der Waals surface area contributed by atoms with Crippen LogP contribution in [0.25, 0.3) is 0 Å². The molecule has 0 radical (unpaired) electrons. The summed E-state index contributed by atoms with van der Waals surface area (Å²) in [6.45, 7) is 17.3. The van der Waals surface area contributed by atoms with Crippen LogP contribution in [0.4, 0.5) is 0 Å². The maximum absolute atomic E-state index is 10.9. The summed E-state index contributed by atoms with van der Waals surface area (Å²) in [7, 11) is 0. The molecule has 0 heterocycles. The third-order valence-corrected chi connectivity index (χ3v) is 5.53. The van der Waals surface area contributed by atoms with E-state index in [2.05, 4.69) is 13.5 Å². The van der Waals surface area contributed by atoms with Gasteiger partial charge in [-0.15, -0.1) is 0 Å². The summed E-state index contributed by atoms with van der Waals surface area (Å²) in [5.41, 5.74) is 0. The Morgan fingerprint density at radius 1 is 0.415 bits per heavy atom. The Morgan fingerprint density at radius 2 is 0.634 bits per heavy atom. The minimum atomic E-state index is -0.398. The second kappa shape index (κ2) is 36.9. The number of ether oxygens (including phenoxy) is 9. The molecule has 0 N–H and O–H groups in total. The second-order valence-electron chi connectivity index (χ2n) is 9.45. The topological polar surface area (TPSA) is 100 Å². The third-order valence-electron chi connectivity index (χ3n) is 5.53. The number of unbranched alkanes of at least 4 members (excludes halogenated alkanes) is 1. The molecule has 41 heavy (non-hydrogen) atoms. The van der Waals surface area contributed by atoms with Crippen LogP contribution in [0.5, 0.6) is 0 Å². The van der Waals surface area contributed by atoms with Crippen LogP contribution >= 0.6 is 0 Å². The van der Waals surface area contributed by atoms with Gasteiger partial charge in [-0.05, 0) is 51.4 Å². The molecule has 0 aliphatic heterocycles. The molecule has 0 aromatic rings. The molecule has 0 rings (SSSR count). The van der Waals surface area contributed by atoms with Crippen molar-refractivity contribution in [2.75, 3.05) is 112 Å². The lowest BCUT2D eigenvalue weighted by Crippen LogP contribution is -2.08. The molecular weight excluding hydrogens is 532 g/mol. The van der Waals surface area contributed by atoms with Gasteiger partial charge in [0.2, 0.25) is 0 Å². The molecule has 0 aliphatic rings. The lowest BCUT2D eigenvalue weighted by molar-refractivity contribution is -0.138. The number of carbonyl (C=O) groups is 1. The fourth-order valence-electron chi connectivity index (χ4n) is 3.30. The smallest absolute Gasteiger partial charge is 0.330 e. The van der Waals surface area contributed by atoms with E-state index in [1.54, 1.807) is 0 Å². The molecule has 10 nitrogen and oxygen atoms in total. The Labute approximate surface area is 249 Å². The van der Waals surface area contributed by atoms with Crippen LogP contribution in [-0.4, -0.2) is 118 Å². The molecule has 0 spiro atoms. The standard InChI is InChI=1S/C31H60O10/c1-3-5-14-33-15-6-16-34-17-7-18-35-19-8-20-36-21-9-22-37-23-10-24-38-25-11-26-39-27-12-28-40-29-13-30-41-31(32)4-2/h4H,2-3,5-30H2,1H3. The van der Waals surface area contributed by atoms with Crippen LogP contribution in [0, 0.1) is 0 Å². The molecule has 0 atom stereocenters. The highest BCUT2D eigenvalue weighted by molar-refractivity contribution is 5.81. The van der Waals surface area contributed by atoms with Gasteiger partial charge in [-0.25, -0.2) is 4.79 Å². The van der Waals surface area contributed by atoms with E-state index in [1.165, 1.54) is 6.42 Å². The van der Waals surface area contributed by atoms with Crippen molar-refractivity contribution < 1.29 is 47.4 Å². The largest absolute Gasteiger partial charge is 0.462 e. The first kappa shape index (κ1) is 39.9. The van der Waals surface area contributed by atoms with E-state index in [4.69, 9.17) is 42.6 Å². The minimum absolute atomic E-state index is 0.355. The number of esters is 1. The highest BCUT2D eigenvalue weighted by Gasteiger charge is 1.97. The summed E-state index contributed by atoms with van der Waals surface area (Å²) in [5, 5.41) is 0. The molecule has 0 aliphatic carbocycles. The first-order chi connectivity index (χ1) is 20.3. The van der Waals surface area contributed by atoms with Crippen LogP contribution < -0.4 is 0 Å². The van der Waals surface area contributed by atoms with E-state index < -0.39 is 5.97 Å². The summed E-state index contributed by atoms with van der Waals surface area (Å²) in [6, 6.07) is 0. The van der Waals surface area contributed by atoms with Crippen molar-refractivity contribution in [1.82, 2.24) is 0 Å². The Bertz CT molecular complexity index is 521. The fraction of sp³-hybridized carbons (Fsp3) is 0.903. The average Bonchev–Trinajstić information content (AvgIpc) is 2.99. The van der Waals surface area contributed by atoms with Crippen LogP contribution in [0.2, 0.25) is 0 Å². The molecule has 244 valence electrons. The van der Waals surface area contributed by atoms with Gasteiger partial charge in [-0.3, -0.25) is 0 Å². The molecule has 0 saturated heterocycles. The zero-order valence-electron chi connectivity index (χ0n) is 26.0. The summed E-state index contributed by atoms with van der Waals surface area (Å²) in [4.78, 5) is 10.9. The Kier molecular flexibility index (Phi) is 35.9. The van der Waals surface area contributed by atoms with Crippen LogP contribution in [0.3, 0.4) is 0 Å². The van der Waals surface area contributed by atoms with Gasteiger partial charge in [0.15, 0.2) is 0 Å². The lowest BCUT2D eigenvalue weighted by Gasteiger charge is -2.08. The SMILES string of the molecule is C=CC(=O)OCCCOCCCOCCCOCCCOCCCOCCCOCCCOCCCOCCCC. The highest BCUT2D eigenvalue weighted by Crippen LogP contribution is 1.95. The van der Waals surface area contributed by atoms with E-state index in [0.29, 0.717) is 72.5 Å². The molecule has 0 saturated carbocycles.